The summed E-state index contributed by atoms with van der Waals surface area (Å²) in [6.07, 6.45) is 0. The Kier molecular flexibility index (Phi) is 7.17. The van der Waals surface area contributed by atoms with Crippen LogP contribution in [0.5, 0.6) is 5.75 Å². The lowest BCUT2D eigenvalue weighted by molar-refractivity contribution is 0.475. The fraction of sp³-hybridized carbons (Fsp3) is 0.235. The third-order valence-electron chi connectivity index (χ3n) is 3.19. The van der Waals surface area contributed by atoms with E-state index in [2.05, 4.69) is 36.3 Å². The van der Waals surface area contributed by atoms with Crippen molar-refractivity contribution < 1.29 is 5.11 Å². The van der Waals surface area contributed by atoms with Gasteiger partial charge in [0.25, 0.3) is 0 Å². The minimum absolute atomic E-state index is 0. The molecule has 0 bridgehead atoms. The van der Waals surface area contributed by atoms with Crippen LogP contribution >= 0.6 is 24.0 Å². The molecule has 0 aliphatic rings. The molecule has 0 amide bonds. The predicted molar refractivity (Wildman–Crippen MR) is 103 cm³/mol. The van der Waals surface area contributed by atoms with Gasteiger partial charge in [-0.15, -0.1) is 24.0 Å². The van der Waals surface area contributed by atoms with E-state index in [-0.39, 0.29) is 29.7 Å². The van der Waals surface area contributed by atoms with Gasteiger partial charge in [-0.05, 0) is 41.3 Å². The zero-order chi connectivity index (χ0) is 15.2. The van der Waals surface area contributed by atoms with Gasteiger partial charge in [-0.2, -0.15) is 0 Å². The topological polar surface area (TPSA) is 70.6 Å². The Morgan fingerprint density at radius 2 is 1.86 bits per heavy atom. The third-order valence-corrected chi connectivity index (χ3v) is 3.19. The first-order valence-corrected chi connectivity index (χ1v) is 6.99. The number of anilines is 1. The molecule has 2 aromatic rings. The molecule has 0 radical (unpaired) electrons. The van der Waals surface area contributed by atoms with Crippen molar-refractivity contribution >= 4 is 35.6 Å². The van der Waals surface area contributed by atoms with Gasteiger partial charge in [-0.1, -0.05) is 38.1 Å². The van der Waals surface area contributed by atoms with Gasteiger partial charge in [0, 0.05) is 5.69 Å². The molecule has 118 valence electrons. The number of nitrogens with one attached hydrogen (secondary N) is 1. The molecule has 0 saturated heterocycles. The Labute approximate surface area is 148 Å². The number of phenolic OH excluding ortho intramolecular Hbond substituents is 1. The van der Waals surface area contributed by atoms with Gasteiger partial charge in [-0.25, -0.2) is 4.99 Å². The van der Waals surface area contributed by atoms with Crippen molar-refractivity contribution in [2.24, 2.45) is 10.7 Å². The van der Waals surface area contributed by atoms with Crippen LogP contribution in [0.1, 0.15) is 30.9 Å². The summed E-state index contributed by atoms with van der Waals surface area (Å²) in [6.45, 7) is 4.78. The van der Waals surface area contributed by atoms with Crippen molar-refractivity contribution in [1.29, 1.82) is 0 Å². The van der Waals surface area contributed by atoms with E-state index in [1.165, 1.54) is 5.56 Å². The lowest BCUT2D eigenvalue weighted by atomic mass is 10.0. The SMILES string of the molecule is CC(C)c1cccc(NC(N)=NCc2ccc(O)cc2)c1.I. The zero-order valence-corrected chi connectivity index (χ0v) is 15.1. The number of benzene rings is 2. The largest absolute Gasteiger partial charge is 0.508 e. The van der Waals surface area contributed by atoms with E-state index in [9.17, 15) is 5.11 Å². The quantitative estimate of drug-likeness (QED) is 0.404. The first-order chi connectivity index (χ1) is 10.0. The number of hydrogen-bond acceptors (Lipinski definition) is 2. The summed E-state index contributed by atoms with van der Waals surface area (Å²) >= 11 is 0. The minimum atomic E-state index is 0. The van der Waals surface area contributed by atoms with Crippen molar-refractivity contribution in [2.75, 3.05) is 5.32 Å². The number of nitrogens with zero attached hydrogens (tertiary/aromatic N) is 1. The second-order valence-electron chi connectivity index (χ2n) is 5.27. The number of hydrogen-bond donors (Lipinski definition) is 3. The summed E-state index contributed by atoms with van der Waals surface area (Å²) in [5, 5.41) is 12.3. The summed E-state index contributed by atoms with van der Waals surface area (Å²) in [6, 6.07) is 15.1. The molecule has 0 aromatic heterocycles. The summed E-state index contributed by atoms with van der Waals surface area (Å²) in [7, 11) is 0. The molecule has 0 atom stereocenters. The van der Waals surface area contributed by atoms with Crippen LogP contribution in [0.4, 0.5) is 5.69 Å². The summed E-state index contributed by atoms with van der Waals surface area (Å²) in [4.78, 5) is 4.30. The minimum Gasteiger partial charge on any atom is -0.508 e. The van der Waals surface area contributed by atoms with Gasteiger partial charge < -0.3 is 16.2 Å². The van der Waals surface area contributed by atoms with Gasteiger partial charge in [-0.3, -0.25) is 0 Å². The van der Waals surface area contributed by atoms with Gasteiger partial charge in [0.05, 0.1) is 6.54 Å². The normalized spacial score (nSPS) is 11.1. The number of aliphatic imine (C=N–C) groups is 1. The van der Waals surface area contributed by atoms with Crippen molar-refractivity contribution in [3.63, 3.8) is 0 Å². The highest BCUT2D eigenvalue weighted by Crippen LogP contribution is 2.18. The monoisotopic (exact) mass is 411 g/mol. The lowest BCUT2D eigenvalue weighted by Gasteiger charge is -2.10. The molecule has 0 aliphatic carbocycles. The first-order valence-electron chi connectivity index (χ1n) is 6.99. The number of rotatable bonds is 4. The Morgan fingerprint density at radius 3 is 2.50 bits per heavy atom. The average Bonchev–Trinajstić information content (AvgIpc) is 2.47. The van der Waals surface area contributed by atoms with Crippen LogP contribution in [0.2, 0.25) is 0 Å². The van der Waals surface area contributed by atoms with E-state index in [1.807, 2.05) is 24.3 Å². The number of aromatic hydroxyl groups is 1. The molecular weight excluding hydrogens is 389 g/mol. The molecule has 0 fully saturated rings. The maximum Gasteiger partial charge on any atom is 0.193 e. The van der Waals surface area contributed by atoms with Crippen LogP contribution in [0.3, 0.4) is 0 Å². The first kappa shape index (κ1) is 18.3. The van der Waals surface area contributed by atoms with E-state index in [4.69, 9.17) is 5.73 Å². The van der Waals surface area contributed by atoms with Crippen LogP contribution in [-0.4, -0.2) is 11.1 Å². The molecule has 4 nitrogen and oxygen atoms in total. The van der Waals surface area contributed by atoms with E-state index in [0.717, 1.165) is 11.3 Å². The molecule has 0 saturated carbocycles. The summed E-state index contributed by atoms with van der Waals surface area (Å²) < 4.78 is 0. The second-order valence-corrected chi connectivity index (χ2v) is 5.27. The number of nitrogens with two attached hydrogens (primary N) is 1. The van der Waals surface area contributed by atoms with Gasteiger partial charge in [0.1, 0.15) is 5.75 Å². The van der Waals surface area contributed by atoms with E-state index in [1.54, 1.807) is 12.1 Å². The fourth-order valence-corrected chi connectivity index (χ4v) is 1.94. The number of halogens is 1. The van der Waals surface area contributed by atoms with Crippen LogP contribution in [0, 0.1) is 0 Å². The van der Waals surface area contributed by atoms with Crippen LogP contribution < -0.4 is 11.1 Å². The molecule has 0 heterocycles. The standard InChI is InChI=1S/C17H21N3O.HI/c1-12(2)14-4-3-5-15(10-14)20-17(18)19-11-13-6-8-16(21)9-7-13;/h3-10,12,21H,11H2,1-2H3,(H3,18,19,20);1H. The molecular formula is C17H22IN3O. The highest BCUT2D eigenvalue weighted by molar-refractivity contribution is 14.0. The van der Waals surface area contributed by atoms with E-state index >= 15 is 0 Å². The van der Waals surface area contributed by atoms with Gasteiger partial charge >= 0.3 is 0 Å². The van der Waals surface area contributed by atoms with Crippen LogP contribution in [-0.2, 0) is 6.54 Å². The maximum absolute atomic E-state index is 9.23. The smallest absolute Gasteiger partial charge is 0.193 e. The van der Waals surface area contributed by atoms with E-state index < -0.39 is 0 Å². The molecule has 4 N–H and O–H groups in total. The molecule has 2 aromatic carbocycles. The van der Waals surface area contributed by atoms with Crippen LogP contribution in [0.25, 0.3) is 0 Å². The third kappa shape index (κ3) is 5.55. The Balaban J connectivity index is 0.00000242. The second kappa shape index (κ2) is 8.63. The van der Waals surface area contributed by atoms with Crippen molar-refractivity contribution in [2.45, 2.75) is 26.3 Å². The Hall–Kier alpha value is -1.76. The molecule has 0 spiro atoms. The predicted octanol–water partition coefficient (Wildman–Crippen LogP) is 4.06. The summed E-state index contributed by atoms with van der Waals surface area (Å²) in [5.41, 5.74) is 9.09. The number of phenols is 1. The Morgan fingerprint density at radius 1 is 1.18 bits per heavy atom. The molecule has 0 unspecified atom stereocenters. The highest BCUT2D eigenvalue weighted by Gasteiger charge is 2.01. The highest BCUT2D eigenvalue weighted by atomic mass is 127. The summed E-state index contributed by atoms with van der Waals surface area (Å²) in [5.74, 6) is 1.10. The van der Waals surface area contributed by atoms with Crippen molar-refractivity contribution in [3.8, 4) is 5.75 Å². The van der Waals surface area contributed by atoms with Gasteiger partial charge in [0.15, 0.2) is 5.96 Å². The zero-order valence-electron chi connectivity index (χ0n) is 12.8. The number of guanidine groups is 1. The van der Waals surface area contributed by atoms with Crippen molar-refractivity contribution in [1.82, 2.24) is 0 Å². The fourth-order valence-electron chi connectivity index (χ4n) is 1.94. The lowest BCUT2D eigenvalue weighted by Crippen LogP contribution is -2.22. The average molecular weight is 411 g/mol. The molecule has 0 aliphatic heterocycles. The Bertz CT molecular complexity index is 624. The van der Waals surface area contributed by atoms with Gasteiger partial charge in [0.2, 0.25) is 0 Å². The van der Waals surface area contributed by atoms with Crippen LogP contribution in [0.15, 0.2) is 53.5 Å². The van der Waals surface area contributed by atoms with E-state index in [0.29, 0.717) is 18.4 Å². The molecule has 2 rings (SSSR count). The molecule has 22 heavy (non-hydrogen) atoms. The maximum atomic E-state index is 9.23. The van der Waals surface area contributed by atoms with Crippen molar-refractivity contribution in [3.05, 3.63) is 59.7 Å². The molecule has 5 heteroatoms.